The van der Waals surface area contributed by atoms with E-state index < -0.39 is 0 Å². The summed E-state index contributed by atoms with van der Waals surface area (Å²) in [5, 5.41) is 10.2. The van der Waals surface area contributed by atoms with E-state index >= 15 is 0 Å². The van der Waals surface area contributed by atoms with Crippen molar-refractivity contribution in [2.45, 2.75) is 25.8 Å². The van der Waals surface area contributed by atoms with Crippen molar-refractivity contribution in [3.8, 4) is 11.1 Å². The number of benzene rings is 1. The van der Waals surface area contributed by atoms with E-state index in [9.17, 15) is 0 Å². The Morgan fingerprint density at radius 2 is 2.08 bits per heavy atom. The molecule has 1 saturated heterocycles. The van der Waals surface area contributed by atoms with Crippen LogP contribution in [0.4, 0.5) is 11.5 Å². The number of likely N-dealkylation sites (tertiary alicyclic amines) is 1. The molecule has 6 heteroatoms. The van der Waals surface area contributed by atoms with E-state index in [4.69, 9.17) is 4.98 Å². The van der Waals surface area contributed by atoms with Gasteiger partial charge < -0.3 is 5.32 Å². The van der Waals surface area contributed by atoms with Gasteiger partial charge in [0.2, 0.25) is 0 Å². The van der Waals surface area contributed by atoms with Crippen molar-refractivity contribution in [3.63, 3.8) is 0 Å². The summed E-state index contributed by atoms with van der Waals surface area (Å²) in [5.41, 5.74) is 3.22. The Morgan fingerprint density at radius 1 is 1.20 bits per heavy atom. The largest absolute Gasteiger partial charge is 0.340 e. The molecule has 1 aliphatic heterocycles. The molecule has 1 unspecified atom stereocenters. The van der Waals surface area contributed by atoms with Crippen LogP contribution in [-0.2, 0) is 0 Å². The summed E-state index contributed by atoms with van der Waals surface area (Å²) in [6.45, 7) is 4.38. The van der Waals surface area contributed by atoms with Gasteiger partial charge in [-0.05, 0) is 49.7 Å². The first-order valence-electron chi connectivity index (χ1n) is 8.76. The minimum Gasteiger partial charge on any atom is -0.340 e. The number of hydrogen-bond acceptors (Lipinski definition) is 5. The van der Waals surface area contributed by atoms with Crippen molar-refractivity contribution in [2.24, 2.45) is 0 Å². The maximum Gasteiger partial charge on any atom is 0.147 e. The molecule has 0 spiro atoms. The summed E-state index contributed by atoms with van der Waals surface area (Å²) in [4.78, 5) is 11.7. The van der Waals surface area contributed by atoms with E-state index in [-0.39, 0.29) is 0 Å². The van der Waals surface area contributed by atoms with Crippen LogP contribution in [0.1, 0.15) is 31.6 Å². The van der Waals surface area contributed by atoms with Gasteiger partial charge in [0.25, 0.3) is 0 Å². The minimum absolute atomic E-state index is 0.343. The van der Waals surface area contributed by atoms with Crippen LogP contribution >= 0.6 is 0 Å². The zero-order valence-electron chi connectivity index (χ0n) is 14.3. The molecule has 25 heavy (non-hydrogen) atoms. The molecule has 0 aliphatic carbocycles. The Balaban J connectivity index is 1.50. The van der Waals surface area contributed by atoms with Crippen molar-refractivity contribution >= 4 is 11.5 Å². The summed E-state index contributed by atoms with van der Waals surface area (Å²) in [5.74, 6) is 1.75. The van der Waals surface area contributed by atoms with Gasteiger partial charge in [0, 0.05) is 23.6 Å². The van der Waals surface area contributed by atoms with Gasteiger partial charge in [-0.25, -0.2) is 9.97 Å². The fourth-order valence-corrected chi connectivity index (χ4v) is 3.40. The van der Waals surface area contributed by atoms with Crippen LogP contribution in [0.15, 0.2) is 48.9 Å². The van der Waals surface area contributed by atoms with Crippen LogP contribution in [0.25, 0.3) is 11.1 Å². The van der Waals surface area contributed by atoms with Crippen molar-refractivity contribution in [3.05, 3.63) is 54.7 Å². The summed E-state index contributed by atoms with van der Waals surface area (Å²) in [7, 11) is 0. The molecule has 128 valence electrons. The van der Waals surface area contributed by atoms with Crippen molar-refractivity contribution in [2.75, 3.05) is 18.4 Å². The van der Waals surface area contributed by atoms with E-state index in [1.807, 2.05) is 24.7 Å². The quantitative estimate of drug-likeness (QED) is 0.743. The van der Waals surface area contributed by atoms with Crippen molar-refractivity contribution in [1.82, 2.24) is 25.1 Å². The molecular formula is C19H22N6. The summed E-state index contributed by atoms with van der Waals surface area (Å²) < 4.78 is 0. The molecule has 6 nitrogen and oxygen atoms in total. The monoisotopic (exact) mass is 334 g/mol. The third-order valence-electron chi connectivity index (χ3n) is 4.73. The molecule has 3 heterocycles. The second kappa shape index (κ2) is 7.03. The Bertz CT molecular complexity index is 812. The molecule has 1 aliphatic rings. The van der Waals surface area contributed by atoms with Gasteiger partial charge in [-0.1, -0.05) is 19.1 Å². The number of aromatic amines is 1. The molecular weight excluding hydrogens is 312 g/mol. The molecule has 1 atom stereocenters. The number of nitrogens with zero attached hydrogens (tertiary/aromatic N) is 4. The highest BCUT2D eigenvalue weighted by atomic mass is 15.2. The summed E-state index contributed by atoms with van der Waals surface area (Å²) in [6, 6.07) is 10.5. The number of H-pyrrole nitrogens is 1. The van der Waals surface area contributed by atoms with Gasteiger partial charge in [0.05, 0.1) is 12.2 Å². The lowest BCUT2D eigenvalue weighted by molar-refractivity contribution is 0.262. The van der Waals surface area contributed by atoms with Gasteiger partial charge in [-0.2, -0.15) is 5.10 Å². The molecule has 2 N–H and O–H groups in total. The molecule has 0 bridgehead atoms. The van der Waals surface area contributed by atoms with Crippen LogP contribution in [0.5, 0.6) is 0 Å². The maximum atomic E-state index is 4.74. The van der Waals surface area contributed by atoms with E-state index in [0.29, 0.717) is 6.04 Å². The molecule has 2 aromatic heterocycles. The third-order valence-corrected chi connectivity index (χ3v) is 4.73. The highest BCUT2D eigenvalue weighted by Crippen LogP contribution is 2.30. The first kappa shape index (κ1) is 15.8. The van der Waals surface area contributed by atoms with Gasteiger partial charge in [0.15, 0.2) is 0 Å². The fraction of sp³-hybridized carbons (Fsp3) is 0.316. The Kier molecular flexibility index (Phi) is 4.43. The second-order valence-electron chi connectivity index (χ2n) is 6.28. The first-order chi connectivity index (χ1) is 12.3. The number of rotatable bonds is 5. The topological polar surface area (TPSA) is 69.7 Å². The van der Waals surface area contributed by atoms with Gasteiger partial charge >= 0.3 is 0 Å². The first-order valence-corrected chi connectivity index (χ1v) is 8.76. The molecule has 4 rings (SSSR count). The molecule has 1 aromatic carbocycles. The second-order valence-corrected chi connectivity index (χ2v) is 6.28. The SMILES string of the molecule is CCN1CCCC1c1nccc(Nc2ccc(-c3cn[nH]c3)cc2)n1. The average Bonchev–Trinajstić information content (AvgIpc) is 3.34. The fourth-order valence-electron chi connectivity index (χ4n) is 3.40. The molecule has 0 amide bonds. The average molecular weight is 334 g/mol. The Morgan fingerprint density at radius 3 is 2.84 bits per heavy atom. The molecule has 0 saturated carbocycles. The van der Waals surface area contributed by atoms with E-state index in [0.717, 1.165) is 48.0 Å². The lowest BCUT2D eigenvalue weighted by Crippen LogP contribution is -2.24. The standard InChI is InChI=1S/C19H22N6/c1-2-25-11-3-4-17(25)19-20-10-9-18(24-19)23-16-7-5-14(6-8-16)15-12-21-22-13-15/h5-10,12-13,17H,2-4,11H2,1H3,(H,21,22)(H,20,23,24). The normalized spacial score (nSPS) is 17.7. The zero-order valence-corrected chi connectivity index (χ0v) is 14.3. The maximum absolute atomic E-state index is 4.74. The van der Waals surface area contributed by atoms with Crippen LogP contribution in [0.3, 0.4) is 0 Å². The smallest absolute Gasteiger partial charge is 0.147 e. The van der Waals surface area contributed by atoms with Crippen molar-refractivity contribution in [1.29, 1.82) is 0 Å². The third kappa shape index (κ3) is 3.39. The zero-order chi connectivity index (χ0) is 17.1. The summed E-state index contributed by atoms with van der Waals surface area (Å²) in [6.07, 6.45) is 7.91. The number of anilines is 2. The highest BCUT2D eigenvalue weighted by molar-refractivity contribution is 5.66. The van der Waals surface area contributed by atoms with Crippen molar-refractivity contribution < 1.29 is 0 Å². The van der Waals surface area contributed by atoms with Gasteiger partial charge in [-0.15, -0.1) is 0 Å². The molecule has 3 aromatic rings. The van der Waals surface area contributed by atoms with Gasteiger partial charge in [-0.3, -0.25) is 10.00 Å². The lowest BCUT2D eigenvalue weighted by atomic mass is 10.1. The predicted molar refractivity (Wildman–Crippen MR) is 98.6 cm³/mol. The Labute approximate surface area is 147 Å². The van der Waals surface area contributed by atoms with Gasteiger partial charge in [0.1, 0.15) is 11.6 Å². The molecule has 0 radical (unpaired) electrons. The van der Waals surface area contributed by atoms with Crippen LogP contribution < -0.4 is 5.32 Å². The Hall–Kier alpha value is -2.73. The number of nitrogens with one attached hydrogen (secondary N) is 2. The van der Waals surface area contributed by atoms with Crippen LogP contribution in [0, 0.1) is 0 Å². The highest BCUT2D eigenvalue weighted by Gasteiger charge is 2.26. The van der Waals surface area contributed by atoms with E-state index in [1.54, 1.807) is 0 Å². The predicted octanol–water partition coefficient (Wildman–Crippen LogP) is 3.77. The minimum atomic E-state index is 0.343. The van der Waals surface area contributed by atoms with E-state index in [2.05, 4.69) is 56.6 Å². The number of hydrogen-bond donors (Lipinski definition) is 2. The van der Waals surface area contributed by atoms with E-state index in [1.165, 1.54) is 6.42 Å². The van der Waals surface area contributed by atoms with Crippen LogP contribution in [-0.4, -0.2) is 38.2 Å². The molecule has 1 fully saturated rings. The lowest BCUT2D eigenvalue weighted by Gasteiger charge is -2.21. The number of aromatic nitrogens is 4. The summed E-state index contributed by atoms with van der Waals surface area (Å²) >= 11 is 0. The van der Waals surface area contributed by atoms with Crippen LogP contribution in [0.2, 0.25) is 0 Å².